The number of esters is 1. The zero-order valence-electron chi connectivity index (χ0n) is 11.5. The summed E-state index contributed by atoms with van der Waals surface area (Å²) in [7, 11) is 3.21. The lowest BCUT2D eigenvalue weighted by Gasteiger charge is -2.20. The van der Waals surface area contributed by atoms with Crippen molar-refractivity contribution in [3.05, 3.63) is 65.5 Å². The fourth-order valence-corrected chi connectivity index (χ4v) is 2.03. The molecule has 0 aromatic heterocycles. The van der Waals surface area contributed by atoms with E-state index in [0.717, 1.165) is 11.3 Å². The predicted octanol–water partition coefficient (Wildman–Crippen LogP) is 3.25. The number of hydrogen-bond donors (Lipinski definition) is 0. The highest BCUT2D eigenvalue weighted by molar-refractivity contribution is 5.91. The van der Waals surface area contributed by atoms with Crippen molar-refractivity contribution in [2.75, 3.05) is 19.1 Å². The van der Waals surface area contributed by atoms with Gasteiger partial charge in [-0.2, -0.15) is 0 Å². The van der Waals surface area contributed by atoms with Crippen LogP contribution in [0.25, 0.3) is 0 Å². The highest BCUT2D eigenvalue weighted by Crippen LogP contribution is 2.19. The molecule has 0 bridgehead atoms. The van der Waals surface area contributed by atoms with Gasteiger partial charge in [-0.15, -0.1) is 0 Å². The van der Waals surface area contributed by atoms with Crippen molar-refractivity contribution in [3.63, 3.8) is 0 Å². The van der Waals surface area contributed by atoms with E-state index in [-0.39, 0.29) is 11.8 Å². The van der Waals surface area contributed by atoms with Gasteiger partial charge in [0.05, 0.1) is 12.7 Å². The molecule has 3 nitrogen and oxygen atoms in total. The quantitative estimate of drug-likeness (QED) is 0.801. The van der Waals surface area contributed by atoms with E-state index in [1.807, 2.05) is 30.1 Å². The molecule has 0 atom stereocenters. The molecule has 0 heterocycles. The molecular formula is C16H16FNO2. The minimum Gasteiger partial charge on any atom is -0.465 e. The van der Waals surface area contributed by atoms with Gasteiger partial charge in [0.1, 0.15) is 5.82 Å². The molecule has 0 saturated carbocycles. The van der Waals surface area contributed by atoms with Crippen LogP contribution in [0.3, 0.4) is 0 Å². The van der Waals surface area contributed by atoms with Gasteiger partial charge in [0.25, 0.3) is 0 Å². The summed E-state index contributed by atoms with van der Waals surface area (Å²) in [5.74, 6) is -0.649. The zero-order chi connectivity index (χ0) is 14.5. The van der Waals surface area contributed by atoms with Crippen LogP contribution in [0.1, 0.15) is 15.9 Å². The topological polar surface area (TPSA) is 29.5 Å². The van der Waals surface area contributed by atoms with E-state index < -0.39 is 0 Å². The van der Waals surface area contributed by atoms with Crippen LogP contribution in [0.2, 0.25) is 0 Å². The number of halogens is 1. The Morgan fingerprint density at radius 2 is 1.95 bits per heavy atom. The van der Waals surface area contributed by atoms with E-state index in [1.165, 1.54) is 19.2 Å². The highest BCUT2D eigenvalue weighted by atomic mass is 19.1. The molecule has 0 spiro atoms. The van der Waals surface area contributed by atoms with Crippen LogP contribution < -0.4 is 4.90 Å². The van der Waals surface area contributed by atoms with E-state index in [2.05, 4.69) is 0 Å². The molecular weight excluding hydrogens is 257 g/mol. The first-order valence-corrected chi connectivity index (χ1v) is 6.24. The molecule has 2 aromatic carbocycles. The van der Waals surface area contributed by atoms with Crippen LogP contribution in [-0.4, -0.2) is 20.1 Å². The largest absolute Gasteiger partial charge is 0.465 e. The van der Waals surface area contributed by atoms with E-state index in [4.69, 9.17) is 4.74 Å². The maximum atomic E-state index is 13.2. The summed E-state index contributed by atoms with van der Waals surface area (Å²) in [5.41, 5.74) is 2.12. The van der Waals surface area contributed by atoms with Crippen LogP contribution in [-0.2, 0) is 11.3 Å². The molecule has 0 unspecified atom stereocenters. The van der Waals surface area contributed by atoms with Crippen molar-refractivity contribution in [3.8, 4) is 0 Å². The Bertz CT molecular complexity index is 613. The SMILES string of the molecule is COC(=O)c1ccccc1CN(C)c1cccc(F)c1. The number of methoxy groups -OCH3 is 1. The fourth-order valence-electron chi connectivity index (χ4n) is 2.03. The van der Waals surface area contributed by atoms with Crippen molar-refractivity contribution < 1.29 is 13.9 Å². The summed E-state index contributed by atoms with van der Waals surface area (Å²) in [6.07, 6.45) is 0. The minimum atomic E-state index is -0.367. The number of carbonyl (C=O) groups excluding carboxylic acids is 1. The molecule has 0 radical (unpaired) electrons. The molecule has 0 aliphatic carbocycles. The summed E-state index contributed by atoms with van der Waals surface area (Å²) >= 11 is 0. The average molecular weight is 273 g/mol. The second kappa shape index (κ2) is 6.19. The molecule has 0 aliphatic heterocycles. The van der Waals surface area contributed by atoms with E-state index in [9.17, 15) is 9.18 Å². The highest BCUT2D eigenvalue weighted by Gasteiger charge is 2.12. The first kappa shape index (κ1) is 14.1. The molecule has 0 N–H and O–H groups in total. The fraction of sp³-hybridized carbons (Fsp3) is 0.188. The number of rotatable bonds is 4. The van der Waals surface area contributed by atoms with Crippen molar-refractivity contribution in [2.45, 2.75) is 6.54 Å². The van der Waals surface area contributed by atoms with Crippen molar-refractivity contribution >= 4 is 11.7 Å². The number of ether oxygens (including phenoxy) is 1. The lowest BCUT2D eigenvalue weighted by Crippen LogP contribution is -2.19. The zero-order valence-corrected chi connectivity index (χ0v) is 11.5. The summed E-state index contributed by atoms with van der Waals surface area (Å²) < 4.78 is 18.0. The second-order valence-corrected chi connectivity index (χ2v) is 4.48. The molecule has 0 saturated heterocycles. The summed E-state index contributed by atoms with van der Waals surface area (Å²) in [4.78, 5) is 13.6. The monoisotopic (exact) mass is 273 g/mol. The van der Waals surface area contributed by atoms with Crippen LogP contribution in [0, 0.1) is 5.82 Å². The smallest absolute Gasteiger partial charge is 0.338 e. The number of nitrogens with zero attached hydrogens (tertiary/aromatic N) is 1. The Morgan fingerprint density at radius 1 is 1.20 bits per heavy atom. The van der Waals surface area contributed by atoms with Gasteiger partial charge in [0.15, 0.2) is 0 Å². The van der Waals surface area contributed by atoms with Crippen molar-refractivity contribution in [2.24, 2.45) is 0 Å². The maximum absolute atomic E-state index is 13.2. The van der Waals surface area contributed by atoms with Crippen molar-refractivity contribution in [1.82, 2.24) is 0 Å². The van der Waals surface area contributed by atoms with Crippen LogP contribution in [0.4, 0.5) is 10.1 Å². The van der Waals surface area contributed by atoms with Crippen LogP contribution in [0.5, 0.6) is 0 Å². The predicted molar refractivity (Wildman–Crippen MR) is 76.3 cm³/mol. The third kappa shape index (κ3) is 3.15. The van der Waals surface area contributed by atoms with E-state index in [0.29, 0.717) is 12.1 Å². The van der Waals surface area contributed by atoms with Crippen LogP contribution in [0.15, 0.2) is 48.5 Å². The van der Waals surface area contributed by atoms with Gasteiger partial charge in [-0.3, -0.25) is 0 Å². The maximum Gasteiger partial charge on any atom is 0.338 e. The van der Waals surface area contributed by atoms with E-state index in [1.54, 1.807) is 18.2 Å². The standard InChI is InChI=1S/C16H16FNO2/c1-18(14-8-5-7-13(17)10-14)11-12-6-3-4-9-15(12)16(19)20-2/h3-10H,11H2,1-2H3. The third-order valence-electron chi connectivity index (χ3n) is 3.08. The van der Waals surface area contributed by atoms with Gasteiger partial charge in [0.2, 0.25) is 0 Å². The summed E-state index contributed by atoms with van der Waals surface area (Å²) in [5, 5.41) is 0. The normalized spacial score (nSPS) is 10.2. The van der Waals surface area contributed by atoms with E-state index >= 15 is 0 Å². The Morgan fingerprint density at radius 3 is 2.65 bits per heavy atom. The second-order valence-electron chi connectivity index (χ2n) is 4.48. The minimum absolute atomic E-state index is 0.282. The first-order valence-electron chi connectivity index (χ1n) is 6.24. The molecule has 0 aliphatic rings. The summed E-state index contributed by atoms with van der Waals surface area (Å²) in [6, 6.07) is 13.6. The van der Waals surface area contributed by atoms with Gasteiger partial charge < -0.3 is 9.64 Å². The Kier molecular flexibility index (Phi) is 4.35. The van der Waals surface area contributed by atoms with Gasteiger partial charge in [-0.1, -0.05) is 24.3 Å². The Hall–Kier alpha value is -2.36. The molecule has 0 amide bonds. The van der Waals surface area contributed by atoms with Crippen molar-refractivity contribution in [1.29, 1.82) is 0 Å². The molecule has 0 fully saturated rings. The molecule has 104 valence electrons. The van der Waals surface area contributed by atoms with Crippen LogP contribution >= 0.6 is 0 Å². The first-order chi connectivity index (χ1) is 9.61. The number of hydrogen-bond acceptors (Lipinski definition) is 3. The Labute approximate surface area is 117 Å². The lowest BCUT2D eigenvalue weighted by molar-refractivity contribution is 0.0599. The Balaban J connectivity index is 2.24. The van der Waals surface area contributed by atoms with Gasteiger partial charge >= 0.3 is 5.97 Å². The lowest BCUT2D eigenvalue weighted by atomic mass is 10.1. The third-order valence-corrected chi connectivity index (χ3v) is 3.08. The summed E-state index contributed by atoms with van der Waals surface area (Å²) in [6.45, 7) is 0.495. The number of anilines is 1. The number of benzene rings is 2. The average Bonchev–Trinajstić information content (AvgIpc) is 2.47. The van der Waals surface area contributed by atoms with Gasteiger partial charge in [-0.05, 0) is 29.8 Å². The molecule has 2 aromatic rings. The van der Waals surface area contributed by atoms with Gasteiger partial charge in [-0.25, -0.2) is 9.18 Å². The molecule has 20 heavy (non-hydrogen) atoms. The molecule has 2 rings (SSSR count). The van der Waals surface area contributed by atoms with Gasteiger partial charge in [0, 0.05) is 19.3 Å². The number of carbonyl (C=O) groups is 1. The molecule has 4 heteroatoms.